The monoisotopic (exact) mass is 389 g/mol. The van der Waals surface area contributed by atoms with Gasteiger partial charge in [0.2, 0.25) is 0 Å². The predicted molar refractivity (Wildman–Crippen MR) is 110 cm³/mol. The van der Waals surface area contributed by atoms with Gasteiger partial charge in [0.1, 0.15) is 10.6 Å². The van der Waals surface area contributed by atoms with Crippen molar-refractivity contribution in [1.29, 1.82) is 0 Å². The van der Waals surface area contributed by atoms with Gasteiger partial charge in [0.25, 0.3) is 5.91 Å². The summed E-state index contributed by atoms with van der Waals surface area (Å²) in [7, 11) is 0. The number of carbonyl (C=O) groups excluding carboxylic acids is 1. The second kappa shape index (κ2) is 7.36. The van der Waals surface area contributed by atoms with Gasteiger partial charge in [-0.05, 0) is 46.4 Å². The SMILES string of the molecule is C=CCN1C(=O)C(=C2SC(C)=C(C)N2CC)SC1=Nc1c(C)n[nH]c1C. The van der Waals surface area contributed by atoms with Gasteiger partial charge in [-0.25, -0.2) is 4.99 Å². The van der Waals surface area contributed by atoms with Gasteiger partial charge in [0, 0.05) is 23.7 Å². The van der Waals surface area contributed by atoms with Crippen LogP contribution in [-0.4, -0.2) is 44.2 Å². The molecule has 0 aliphatic carbocycles. The maximum atomic E-state index is 13.1. The van der Waals surface area contributed by atoms with Gasteiger partial charge in [-0.3, -0.25) is 14.8 Å². The second-order valence-electron chi connectivity index (χ2n) is 6.11. The van der Waals surface area contributed by atoms with E-state index < -0.39 is 0 Å². The van der Waals surface area contributed by atoms with Gasteiger partial charge in [0.15, 0.2) is 5.17 Å². The Morgan fingerprint density at radius 3 is 2.54 bits per heavy atom. The molecule has 1 aromatic rings. The Kier molecular flexibility index (Phi) is 5.34. The molecule has 1 amide bonds. The number of aryl methyl sites for hydroxylation is 2. The smallest absolute Gasteiger partial charge is 0.269 e. The molecule has 138 valence electrons. The lowest BCUT2D eigenvalue weighted by Gasteiger charge is -2.20. The van der Waals surface area contributed by atoms with Crippen LogP contribution in [0.2, 0.25) is 0 Å². The third-order valence-corrected chi connectivity index (χ3v) is 6.81. The Labute approximate surface area is 162 Å². The summed E-state index contributed by atoms with van der Waals surface area (Å²) in [5.74, 6) is -0.0177. The Balaban J connectivity index is 2.05. The Morgan fingerprint density at radius 2 is 1.96 bits per heavy atom. The van der Waals surface area contributed by atoms with E-state index >= 15 is 0 Å². The molecule has 6 nitrogen and oxygen atoms in total. The summed E-state index contributed by atoms with van der Waals surface area (Å²) in [4.78, 5) is 23.7. The summed E-state index contributed by atoms with van der Waals surface area (Å²) in [6.45, 7) is 15.2. The average Bonchev–Trinajstić information content (AvgIpc) is 3.19. The number of H-pyrrole nitrogens is 1. The number of allylic oxidation sites excluding steroid dienone is 2. The standard InChI is InChI=1S/C18H23N5OS2/c1-7-9-23-16(24)15(17-22(8-2)12(5)13(6)25-17)26-18(23)19-14-10(3)20-21-11(14)4/h7H,1,8-9H2,2-6H3,(H,20,21). The van der Waals surface area contributed by atoms with E-state index in [1.807, 2.05) is 13.8 Å². The molecule has 8 heteroatoms. The lowest BCUT2D eigenvalue weighted by atomic mass is 10.3. The number of hydrogen-bond donors (Lipinski definition) is 1. The van der Waals surface area contributed by atoms with Gasteiger partial charge in [-0.15, -0.1) is 6.58 Å². The van der Waals surface area contributed by atoms with E-state index in [2.05, 4.69) is 42.4 Å². The Bertz CT molecular complexity index is 845. The number of amides is 1. The quantitative estimate of drug-likeness (QED) is 0.615. The number of aromatic amines is 1. The lowest BCUT2D eigenvalue weighted by Crippen LogP contribution is -2.29. The molecule has 0 bridgehead atoms. The van der Waals surface area contributed by atoms with Gasteiger partial charge in [-0.2, -0.15) is 5.10 Å². The summed E-state index contributed by atoms with van der Waals surface area (Å²) in [5, 5.41) is 8.80. The van der Waals surface area contributed by atoms with Crippen LogP contribution in [0.1, 0.15) is 32.2 Å². The molecule has 0 saturated carbocycles. The number of nitrogens with one attached hydrogen (secondary N) is 1. The highest BCUT2D eigenvalue weighted by Gasteiger charge is 2.38. The lowest BCUT2D eigenvalue weighted by molar-refractivity contribution is -0.122. The van der Waals surface area contributed by atoms with Crippen molar-refractivity contribution in [2.45, 2.75) is 34.6 Å². The van der Waals surface area contributed by atoms with E-state index in [0.29, 0.717) is 11.7 Å². The van der Waals surface area contributed by atoms with Gasteiger partial charge < -0.3 is 4.90 Å². The van der Waals surface area contributed by atoms with Crippen LogP contribution >= 0.6 is 23.5 Å². The summed E-state index contributed by atoms with van der Waals surface area (Å²) in [5.41, 5.74) is 3.70. The first-order valence-corrected chi connectivity index (χ1v) is 10.1. The van der Waals surface area contributed by atoms with E-state index in [1.54, 1.807) is 22.7 Å². The number of carbonyl (C=O) groups is 1. The van der Waals surface area contributed by atoms with Crippen molar-refractivity contribution in [3.63, 3.8) is 0 Å². The van der Waals surface area contributed by atoms with Crippen molar-refractivity contribution in [3.8, 4) is 0 Å². The number of amidine groups is 1. The summed E-state index contributed by atoms with van der Waals surface area (Å²) >= 11 is 3.09. The van der Waals surface area contributed by atoms with E-state index in [0.717, 1.165) is 33.6 Å². The van der Waals surface area contributed by atoms with E-state index in [-0.39, 0.29) is 5.91 Å². The minimum absolute atomic E-state index is 0.0177. The molecular weight excluding hydrogens is 366 g/mol. The molecule has 1 saturated heterocycles. The summed E-state index contributed by atoms with van der Waals surface area (Å²) < 4.78 is 0. The fourth-order valence-electron chi connectivity index (χ4n) is 2.88. The number of aromatic nitrogens is 2. The van der Waals surface area contributed by atoms with Crippen molar-refractivity contribution in [1.82, 2.24) is 20.0 Å². The van der Waals surface area contributed by atoms with Crippen molar-refractivity contribution in [2.75, 3.05) is 13.1 Å². The average molecular weight is 390 g/mol. The van der Waals surface area contributed by atoms with E-state index in [9.17, 15) is 4.79 Å². The number of rotatable bonds is 4. The predicted octanol–water partition coefficient (Wildman–Crippen LogP) is 4.26. The highest BCUT2D eigenvalue weighted by atomic mass is 32.2. The highest BCUT2D eigenvalue weighted by molar-refractivity contribution is 8.19. The molecule has 1 N–H and O–H groups in total. The molecule has 3 heterocycles. The third-order valence-electron chi connectivity index (χ3n) is 4.39. The number of hydrogen-bond acceptors (Lipinski definition) is 6. The maximum Gasteiger partial charge on any atom is 0.269 e. The molecule has 2 aliphatic heterocycles. The van der Waals surface area contributed by atoms with Gasteiger partial charge >= 0.3 is 0 Å². The maximum absolute atomic E-state index is 13.1. The zero-order valence-corrected chi connectivity index (χ0v) is 17.3. The van der Waals surface area contributed by atoms with Crippen LogP contribution in [0.5, 0.6) is 0 Å². The fraction of sp³-hybridized carbons (Fsp3) is 0.389. The van der Waals surface area contributed by atoms with Crippen LogP contribution in [0.4, 0.5) is 5.69 Å². The summed E-state index contributed by atoms with van der Waals surface area (Å²) in [6.07, 6.45) is 1.73. The van der Waals surface area contributed by atoms with Crippen LogP contribution < -0.4 is 0 Å². The molecule has 0 atom stereocenters. The summed E-state index contributed by atoms with van der Waals surface area (Å²) in [6, 6.07) is 0. The molecule has 1 fully saturated rings. The molecule has 1 aromatic heterocycles. The van der Waals surface area contributed by atoms with Crippen LogP contribution in [0.3, 0.4) is 0 Å². The highest BCUT2D eigenvalue weighted by Crippen LogP contribution is 2.47. The van der Waals surface area contributed by atoms with Crippen molar-refractivity contribution in [2.24, 2.45) is 4.99 Å². The van der Waals surface area contributed by atoms with E-state index in [4.69, 9.17) is 4.99 Å². The fourth-order valence-corrected chi connectivity index (χ4v) is 5.22. The van der Waals surface area contributed by atoms with Crippen LogP contribution in [-0.2, 0) is 4.79 Å². The largest absolute Gasteiger partial charge is 0.338 e. The van der Waals surface area contributed by atoms with Gasteiger partial charge in [0.05, 0.1) is 16.4 Å². The van der Waals surface area contributed by atoms with Crippen LogP contribution in [0, 0.1) is 13.8 Å². The van der Waals surface area contributed by atoms with Crippen molar-refractivity contribution in [3.05, 3.63) is 44.6 Å². The topological polar surface area (TPSA) is 64.6 Å². The normalized spacial score (nSPS) is 22.3. The first-order valence-electron chi connectivity index (χ1n) is 8.47. The Hall–Kier alpha value is -1.93. The Morgan fingerprint density at radius 1 is 1.23 bits per heavy atom. The molecule has 0 radical (unpaired) electrons. The van der Waals surface area contributed by atoms with E-state index in [1.165, 1.54) is 22.4 Å². The minimum atomic E-state index is -0.0177. The van der Waals surface area contributed by atoms with Crippen molar-refractivity contribution < 1.29 is 4.79 Å². The molecule has 0 spiro atoms. The van der Waals surface area contributed by atoms with Crippen LogP contribution in [0.25, 0.3) is 0 Å². The third kappa shape index (κ3) is 3.12. The molecule has 0 aromatic carbocycles. The number of aliphatic imine (C=N–C) groups is 1. The zero-order chi connectivity index (χ0) is 19.0. The molecule has 3 rings (SSSR count). The number of nitrogens with zero attached hydrogens (tertiary/aromatic N) is 4. The minimum Gasteiger partial charge on any atom is -0.338 e. The molecule has 2 aliphatic rings. The zero-order valence-electron chi connectivity index (χ0n) is 15.7. The second-order valence-corrected chi connectivity index (χ2v) is 8.29. The first-order chi connectivity index (χ1) is 12.4. The van der Waals surface area contributed by atoms with Crippen LogP contribution in [0.15, 0.2) is 38.2 Å². The van der Waals surface area contributed by atoms with Gasteiger partial charge in [-0.1, -0.05) is 17.8 Å². The number of thioether (sulfide) groups is 2. The molecule has 26 heavy (non-hydrogen) atoms. The first kappa shape index (κ1) is 18.8. The van der Waals surface area contributed by atoms with Crippen molar-refractivity contribution >= 4 is 40.3 Å². The molecule has 0 unspecified atom stereocenters. The molecular formula is C18H23N5OS2.